The van der Waals surface area contributed by atoms with Crippen LogP contribution >= 0.6 is 0 Å². The fourth-order valence-electron chi connectivity index (χ4n) is 2.23. The van der Waals surface area contributed by atoms with Gasteiger partial charge in [0.1, 0.15) is 24.4 Å². The van der Waals surface area contributed by atoms with Gasteiger partial charge in [-0.25, -0.2) is 0 Å². The minimum Gasteiger partial charge on any atom is -0.394 e. The molecule has 1 aliphatic heterocycles. The average molecular weight is 284 g/mol. The van der Waals surface area contributed by atoms with E-state index >= 15 is 0 Å². The highest BCUT2D eigenvalue weighted by atomic mass is 16.7. The second kappa shape index (κ2) is 7.12. The number of aliphatic hydroxyl groups excluding tert-OH is 3. The lowest BCUT2D eigenvalue weighted by Gasteiger charge is -2.23. The molecule has 1 fully saturated rings. The van der Waals surface area contributed by atoms with Crippen LogP contribution < -0.4 is 0 Å². The molecule has 0 spiro atoms. The third-order valence-corrected chi connectivity index (χ3v) is 3.31. The van der Waals surface area contributed by atoms with Crippen molar-refractivity contribution in [3.05, 3.63) is 35.9 Å². The third kappa shape index (κ3) is 3.35. The number of methoxy groups -OCH3 is 1. The zero-order chi connectivity index (χ0) is 14.5. The zero-order valence-electron chi connectivity index (χ0n) is 11.3. The van der Waals surface area contributed by atoms with Crippen molar-refractivity contribution >= 4 is 0 Å². The monoisotopic (exact) mass is 284 g/mol. The molecule has 0 radical (unpaired) electrons. The van der Waals surface area contributed by atoms with Gasteiger partial charge < -0.3 is 29.5 Å². The van der Waals surface area contributed by atoms with Crippen molar-refractivity contribution < 1.29 is 29.5 Å². The maximum Gasteiger partial charge on any atom is 0.186 e. The first kappa shape index (κ1) is 15.4. The van der Waals surface area contributed by atoms with E-state index in [2.05, 4.69) is 0 Å². The van der Waals surface area contributed by atoms with E-state index in [9.17, 15) is 10.2 Å². The van der Waals surface area contributed by atoms with E-state index in [4.69, 9.17) is 19.3 Å². The minimum absolute atomic E-state index is 0.275. The molecule has 5 atom stereocenters. The van der Waals surface area contributed by atoms with Gasteiger partial charge in [-0.2, -0.15) is 0 Å². The van der Waals surface area contributed by atoms with Crippen molar-refractivity contribution in [3.63, 3.8) is 0 Å². The molecule has 3 N–H and O–H groups in total. The maximum absolute atomic E-state index is 10.1. The Morgan fingerprint density at radius 1 is 1.30 bits per heavy atom. The molecule has 1 aliphatic rings. The summed E-state index contributed by atoms with van der Waals surface area (Å²) in [5.74, 6) is 0. The Morgan fingerprint density at radius 2 is 2.00 bits per heavy atom. The molecule has 6 heteroatoms. The highest BCUT2D eigenvalue weighted by Crippen LogP contribution is 2.27. The fraction of sp³-hybridized carbons (Fsp3) is 0.571. The Kier molecular flexibility index (Phi) is 5.47. The van der Waals surface area contributed by atoms with E-state index in [0.717, 1.165) is 5.56 Å². The summed E-state index contributed by atoms with van der Waals surface area (Å²) in [5, 5.41) is 28.8. The van der Waals surface area contributed by atoms with Crippen molar-refractivity contribution in [2.75, 3.05) is 13.7 Å². The Hall–Kier alpha value is -1.02. The van der Waals surface area contributed by atoms with Crippen LogP contribution in [0.25, 0.3) is 0 Å². The first-order valence-electron chi connectivity index (χ1n) is 6.48. The quantitative estimate of drug-likeness (QED) is 0.662. The lowest BCUT2D eigenvalue weighted by atomic mass is 10.1. The van der Waals surface area contributed by atoms with Crippen molar-refractivity contribution in [3.8, 4) is 0 Å². The molecule has 1 heterocycles. The van der Waals surface area contributed by atoms with Crippen molar-refractivity contribution in [2.45, 2.75) is 37.3 Å². The van der Waals surface area contributed by atoms with Gasteiger partial charge in [-0.3, -0.25) is 0 Å². The van der Waals surface area contributed by atoms with Crippen LogP contribution in [-0.4, -0.2) is 59.7 Å². The van der Waals surface area contributed by atoms with Crippen LogP contribution in [0, 0.1) is 0 Å². The lowest BCUT2D eigenvalue weighted by Crippen LogP contribution is -2.42. The van der Waals surface area contributed by atoms with E-state index in [1.807, 2.05) is 30.3 Å². The Balaban J connectivity index is 2.02. The first-order chi connectivity index (χ1) is 9.67. The van der Waals surface area contributed by atoms with Crippen LogP contribution in [0.5, 0.6) is 0 Å². The van der Waals surface area contributed by atoms with Crippen LogP contribution in [-0.2, 0) is 20.8 Å². The number of hydrogen-bond donors (Lipinski definition) is 3. The van der Waals surface area contributed by atoms with Crippen LogP contribution in [0.2, 0.25) is 0 Å². The van der Waals surface area contributed by atoms with E-state index < -0.39 is 37.3 Å². The van der Waals surface area contributed by atoms with Crippen molar-refractivity contribution in [1.29, 1.82) is 0 Å². The summed E-state index contributed by atoms with van der Waals surface area (Å²) >= 11 is 0. The largest absolute Gasteiger partial charge is 0.394 e. The summed E-state index contributed by atoms with van der Waals surface area (Å²) < 4.78 is 16.0. The Bertz CT molecular complexity index is 398. The summed E-state index contributed by atoms with van der Waals surface area (Å²) in [5.41, 5.74) is 0.942. The molecule has 1 aromatic carbocycles. The van der Waals surface area contributed by atoms with Crippen molar-refractivity contribution in [1.82, 2.24) is 0 Å². The second-order valence-electron chi connectivity index (χ2n) is 4.71. The summed E-state index contributed by atoms with van der Waals surface area (Å²) in [6.45, 7) is -0.198. The summed E-state index contributed by atoms with van der Waals surface area (Å²) in [6.07, 6.45) is -4.62. The summed E-state index contributed by atoms with van der Waals surface area (Å²) in [4.78, 5) is 0. The number of rotatable bonds is 6. The fourth-order valence-corrected chi connectivity index (χ4v) is 2.23. The highest BCUT2D eigenvalue weighted by molar-refractivity contribution is 5.13. The van der Waals surface area contributed by atoms with Gasteiger partial charge in [0.25, 0.3) is 0 Å². The Morgan fingerprint density at radius 3 is 2.60 bits per heavy atom. The maximum atomic E-state index is 10.1. The molecule has 0 bridgehead atoms. The number of hydrogen-bond acceptors (Lipinski definition) is 6. The molecule has 0 amide bonds. The van der Waals surface area contributed by atoms with Gasteiger partial charge in [0.2, 0.25) is 0 Å². The standard InChI is InChI=1S/C14H20O6/c1-18-14-11(17)13(12(20-14)10(16)7-15)19-8-9-5-3-2-4-6-9/h2-6,10-17H,7-8H2,1H3/t10-,11-,12-,13-,14?/m1/s1. The summed E-state index contributed by atoms with van der Waals surface area (Å²) in [6, 6.07) is 9.47. The second-order valence-corrected chi connectivity index (χ2v) is 4.71. The van der Waals surface area contributed by atoms with Crippen LogP contribution in [0.1, 0.15) is 5.56 Å². The van der Waals surface area contributed by atoms with E-state index in [-0.39, 0.29) is 6.61 Å². The predicted octanol–water partition coefficient (Wildman–Crippen LogP) is -0.343. The zero-order valence-corrected chi connectivity index (χ0v) is 11.3. The molecule has 112 valence electrons. The predicted molar refractivity (Wildman–Crippen MR) is 69.8 cm³/mol. The van der Waals surface area contributed by atoms with Gasteiger partial charge in [0.15, 0.2) is 6.29 Å². The van der Waals surface area contributed by atoms with Gasteiger partial charge in [0.05, 0.1) is 13.2 Å². The SMILES string of the molecule is COC1O[C@H]([C@H](O)CO)[C@H](OCc2ccccc2)[C@H]1O. The number of ether oxygens (including phenoxy) is 3. The van der Waals surface area contributed by atoms with Crippen LogP contribution in [0.3, 0.4) is 0 Å². The van der Waals surface area contributed by atoms with Gasteiger partial charge in [-0.15, -0.1) is 0 Å². The molecular formula is C14H20O6. The molecule has 20 heavy (non-hydrogen) atoms. The number of benzene rings is 1. The minimum atomic E-state index is -1.13. The van der Waals surface area contributed by atoms with Crippen LogP contribution in [0.15, 0.2) is 30.3 Å². The first-order valence-corrected chi connectivity index (χ1v) is 6.48. The van der Waals surface area contributed by atoms with Crippen LogP contribution in [0.4, 0.5) is 0 Å². The molecule has 2 rings (SSSR count). The van der Waals surface area contributed by atoms with Gasteiger partial charge >= 0.3 is 0 Å². The van der Waals surface area contributed by atoms with E-state index in [0.29, 0.717) is 0 Å². The van der Waals surface area contributed by atoms with Gasteiger partial charge in [-0.05, 0) is 5.56 Å². The normalized spacial score (nSPS) is 31.4. The molecule has 1 unspecified atom stereocenters. The smallest absolute Gasteiger partial charge is 0.186 e. The lowest BCUT2D eigenvalue weighted by molar-refractivity contribution is -0.167. The highest BCUT2D eigenvalue weighted by Gasteiger charge is 2.47. The number of aliphatic hydroxyl groups is 3. The van der Waals surface area contributed by atoms with E-state index in [1.54, 1.807) is 0 Å². The molecule has 0 aromatic heterocycles. The van der Waals surface area contributed by atoms with Crippen molar-refractivity contribution in [2.24, 2.45) is 0 Å². The molecular weight excluding hydrogens is 264 g/mol. The Labute approximate surface area is 117 Å². The third-order valence-electron chi connectivity index (χ3n) is 3.31. The topological polar surface area (TPSA) is 88.4 Å². The van der Waals surface area contributed by atoms with Gasteiger partial charge in [0, 0.05) is 7.11 Å². The summed E-state index contributed by atoms with van der Waals surface area (Å²) in [7, 11) is 1.40. The molecule has 1 aromatic rings. The molecule has 0 aliphatic carbocycles. The molecule has 0 saturated carbocycles. The van der Waals surface area contributed by atoms with Gasteiger partial charge in [-0.1, -0.05) is 30.3 Å². The average Bonchev–Trinajstić information content (AvgIpc) is 2.81. The van der Waals surface area contributed by atoms with E-state index in [1.165, 1.54) is 7.11 Å². The molecule has 6 nitrogen and oxygen atoms in total. The molecule has 1 saturated heterocycles.